The summed E-state index contributed by atoms with van der Waals surface area (Å²) in [5.41, 5.74) is 5.59. The zero-order chi connectivity index (χ0) is 14.4. The Morgan fingerprint density at radius 1 is 1.47 bits per heavy atom. The molecule has 106 valence electrons. The van der Waals surface area contributed by atoms with Crippen LogP contribution in [-0.4, -0.2) is 15.6 Å². The molecule has 1 unspecified atom stereocenters. The zero-order valence-electron chi connectivity index (χ0n) is 11.9. The third-order valence-corrected chi connectivity index (χ3v) is 3.62. The lowest BCUT2D eigenvalue weighted by atomic mass is 10.2. The lowest BCUT2D eigenvalue weighted by Gasteiger charge is -2.16. The molecule has 1 saturated carbocycles. The fourth-order valence-corrected chi connectivity index (χ4v) is 2.16. The molecule has 0 radical (unpaired) electrons. The second kappa shape index (κ2) is 4.43. The van der Waals surface area contributed by atoms with E-state index in [4.69, 9.17) is 5.73 Å². The van der Waals surface area contributed by atoms with E-state index in [2.05, 4.69) is 24.1 Å². The summed E-state index contributed by atoms with van der Waals surface area (Å²) >= 11 is 0. The second-order valence-electron chi connectivity index (χ2n) is 6.41. The van der Waals surface area contributed by atoms with Crippen LogP contribution in [0.4, 0.5) is 11.5 Å². The van der Waals surface area contributed by atoms with E-state index in [1.54, 1.807) is 0 Å². The van der Waals surface area contributed by atoms with Gasteiger partial charge in [-0.15, -0.1) is 0 Å². The van der Waals surface area contributed by atoms with Gasteiger partial charge in [0.05, 0.1) is 0 Å². The first-order chi connectivity index (χ1) is 8.72. The van der Waals surface area contributed by atoms with E-state index < -0.39 is 11.2 Å². The van der Waals surface area contributed by atoms with Crippen molar-refractivity contribution in [2.75, 3.05) is 11.1 Å². The molecule has 6 nitrogen and oxygen atoms in total. The first-order valence-corrected chi connectivity index (χ1v) is 6.61. The number of hydrogen-bond acceptors (Lipinski definition) is 4. The van der Waals surface area contributed by atoms with Crippen LogP contribution >= 0.6 is 0 Å². The Morgan fingerprint density at radius 2 is 2.05 bits per heavy atom. The Bertz CT molecular complexity index is 598. The van der Waals surface area contributed by atoms with E-state index in [9.17, 15) is 9.59 Å². The smallest absolute Gasteiger partial charge is 0.330 e. The molecule has 4 N–H and O–H groups in total. The third kappa shape index (κ3) is 2.67. The van der Waals surface area contributed by atoms with Crippen LogP contribution in [0.5, 0.6) is 0 Å². The summed E-state index contributed by atoms with van der Waals surface area (Å²) in [4.78, 5) is 26.0. The standard InChI is InChI=1S/C13H22N4O2/c1-7(2)6-17-10(14)9(11(18)16-12(17)19)15-8-5-13(8,3)4/h7-8,15H,5-6,14H2,1-4H3,(H,16,18,19). The number of nitrogen functional groups attached to an aromatic ring is 1. The molecule has 0 aromatic carbocycles. The van der Waals surface area contributed by atoms with Gasteiger partial charge in [0.25, 0.3) is 5.56 Å². The quantitative estimate of drug-likeness (QED) is 0.757. The summed E-state index contributed by atoms with van der Waals surface area (Å²) in [6.07, 6.45) is 0.995. The van der Waals surface area contributed by atoms with E-state index in [1.165, 1.54) is 4.57 Å². The van der Waals surface area contributed by atoms with Crippen LogP contribution in [-0.2, 0) is 6.54 Å². The number of aromatic nitrogens is 2. The van der Waals surface area contributed by atoms with Crippen molar-refractivity contribution in [3.05, 3.63) is 20.8 Å². The number of nitrogens with zero attached hydrogens (tertiary/aromatic N) is 1. The Kier molecular flexibility index (Phi) is 3.20. The van der Waals surface area contributed by atoms with Gasteiger partial charge in [0.2, 0.25) is 0 Å². The minimum Gasteiger partial charge on any atom is -0.383 e. The molecule has 2 rings (SSSR count). The Balaban J connectivity index is 2.38. The number of nitrogens with two attached hydrogens (primary N) is 1. The van der Waals surface area contributed by atoms with Crippen molar-refractivity contribution in [3.8, 4) is 0 Å². The summed E-state index contributed by atoms with van der Waals surface area (Å²) in [5.74, 6) is 0.501. The summed E-state index contributed by atoms with van der Waals surface area (Å²) in [5, 5.41) is 3.16. The predicted octanol–water partition coefficient (Wildman–Crippen LogP) is 0.985. The number of aromatic amines is 1. The molecule has 0 spiro atoms. The van der Waals surface area contributed by atoms with Crippen molar-refractivity contribution >= 4 is 11.5 Å². The Morgan fingerprint density at radius 3 is 2.53 bits per heavy atom. The normalized spacial score (nSPS) is 20.6. The van der Waals surface area contributed by atoms with Gasteiger partial charge in [-0.25, -0.2) is 4.79 Å². The maximum atomic E-state index is 11.9. The van der Waals surface area contributed by atoms with E-state index in [1.807, 2.05) is 13.8 Å². The van der Waals surface area contributed by atoms with E-state index in [0.29, 0.717) is 12.2 Å². The highest BCUT2D eigenvalue weighted by Gasteiger charge is 2.46. The van der Waals surface area contributed by atoms with Crippen molar-refractivity contribution in [3.63, 3.8) is 0 Å². The van der Waals surface area contributed by atoms with Gasteiger partial charge in [-0.05, 0) is 17.8 Å². The van der Waals surface area contributed by atoms with Gasteiger partial charge in [-0.2, -0.15) is 0 Å². The van der Waals surface area contributed by atoms with Crippen molar-refractivity contribution < 1.29 is 0 Å². The minimum absolute atomic E-state index is 0.178. The molecule has 1 fully saturated rings. The highest BCUT2D eigenvalue weighted by Crippen LogP contribution is 2.46. The van der Waals surface area contributed by atoms with E-state index in [-0.39, 0.29) is 23.2 Å². The van der Waals surface area contributed by atoms with Gasteiger partial charge in [0.15, 0.2) is 0 Å². The third-order valence-electron chi connectivity index (χ3n) is 3.62. The maximum Gasteiger partial charge on any atom is 0.330 e. The zero-order valence-corrected chi connectivity index (χ0v) is 11.9. The van der Waals surface area contributed by atoms with E-state index in [0.717, 1.165) is 6.42 Å². The Labute approximate surface area is 112 Å². The average molecular weight is 266 g/mol. The fourth-order valence-electron chi connectivity index (χ4n) is 2.16. The molecule has 0 amide bonds. The van der Waals surface area contributed by atoms with Gasteiger partial charge < -0.3 is 11.1 Å². The van der Waals surface area contributed by atoms with Gasteiger partial charge in [0, 0.05) is 12.6 Å². The molecule has 1 aromatic rings. The fraction of sp³-hybridized carbons (Fsp3) is 0.692. The largest absolute Gasteiger partial charge is 0.383 e. The summed E-state index contributed by atoms with van der Waals surface area (Å²) < 4.78 is 1.42. The van der Waals surface area contributed by atoms with Crippen LogP contribution in [0.1, 0.15) is 34.1 Å². The molecule has 1 aliphatic carbocycles. The SMILES string of the molecule is CC(C)Cn1c(N)c(NC2CC2(C)C)c(=O)[nH]c1=O. The number of nitrogens with one attached hydrogen (secondary N) is 2. The van der Waals surface area contributed by atoms with Gasteiger partial charge >= 0.3 is 5.69 Å². The molecule has 1 aliphatic rings. The average Bonchev–Trinajstić information content (AvgIpc) is 2.87. The van der Waals surface area contributed by atoms with Gasteiger partial charge in [-0.1, -0.05) is 27.7 Å². The number of anilines is 2. The molecule has 0 aliphatic heterocycles. The molecule has 19 heavy (non-hydrogen) atoms. The molecule has 1 aromatic heterocycles. The van der Waals surface area contributed by atoms with Crippen LogP contribution in [0.3, 0.4) is 0 Å². The monoisotopic (exact) mass is 266 g/mol. The van der Waals surface area contributed by atoms with Crippen LogP contribution in [0.2, 0.25) is 0 Å². The first-order valence-electron chi connectivity index (χ1n) is 6.61. The summed E-state index contributed by atoms with van der Waals surface area (Å²) in [7, 11) is 0. The van der Waals surface area contributed by atoms with Gasteiger partial charge in [-0.3, -0.25) is 14.3 Å². The van der Waals surface area contributed by atoms with Crippen molar-refractivity contribution in [1.82, 2.24) is 9.55 Å². The van der Waals surface area contributed by atoms with Crippen LogP contribution < -0.4 is 22.3 Å². The summed E-state index contributed by atoms with van der Waals surface area (Å²) in [6, 6.07) is 0.237. The second-order valence-corrected chi connectivity index (χ2v) is 6.41. The highest BCUT2D eigenvalue weighted by atomic mass is 16.2. The molecule has 1 atom stereocenters. The van der Waals surface area contributed by atoms with Crippen LogP contribution in [0.15, 0.2) is 9.59 Å². The maximum absolute atomic E-state index is 11.9. The van der Waals surface area contributed by atoms with Gasteiger partial charge in [0.1, 0.15) is 11.5 Å². The highest BCUT2D eigenvalue weighted by molar-refractivity contribution is 5.61. The topological polar surface area (TPSA) is 92.9 Å². The number of rotatable bonds is 4. The van der Waals surface area contributed by atoms with Crippen molar-refractivity contribution in [2.45, 2.75) is 46.7 Å². The van der Waals surface area contributed by atoms with Crippen molar-refractivity contribution in [2.24, 2.45) is 11.3 Å². The molecule has 0 saturated heterocycles. The van der Waals surface area contributed by atoms with Crippen LogP contribution in [0.25, 0.3) is 0 Å². The molecule has 0 bridgehead atoms. The first kappa shape index (κ1) is 13.7. The molecular formula is C13H22N4O2. The number of hydrogen-bond donors (Lipinski definition) is 3. The molecule has 1 heterocycles. The minimum atomic E-state index is -0.447. The lowest BCUT2D eigenvalue weighted by molar-refractivity contribution is 0.508. The van der Waals surface area contributed by atoms with Crippen molar-refractivity contribution in [1.29, 1.82) is 0 Å². The lowest BCUT2D eigenvalue weighted by Crippen LogP contribution is -2.35. The predicted molar refractivity (Wildman–Crippen MR) is 76.4 cm³/mol. The molecule has 6 heteroatoms. The van der Waals surface area contributed by atoms with Crippen LogP contribution in [0, 0.1) is 11.3 Å². The molecular weight excluding hydrogens is 244 g/mol. The number of H-pyrrole nitrogens is 1. The summed E-state index contributed by atoms with van der Waals surface area (Å²) in [6.45, 7) is 8.73. The Hall–Kier alpha value is -1.72. The van der Waals surface area contributed by atoms with E-state index >= 15 is 0 Å².